The number of carbonyl (C=O) groups is 4. The summed E-state index contributed by atoms with van der Waals surface area (Å²) in [7, 11) is -17.7. The molecule has 0 bridgehead atoms. The molecule has 7 atom stereocenters. The summed E-state index contributed by atoms with van der Waals surface area (Å²) >= 11 is 0.929. The number of imidazole rings is 1. The molecule has 6 N–H and O–H groups in total. The third-order valence-electron chi connectivity index (χ3n) is 13.1. The predicted octanol–water partition coefficient (Wildman–Crippen LogP) is 6.70. The molecule has 2 aromatic heterocycles. The Kier molecular flexibility index (Phi) is 35.7. The zero-order chi connectivity index (χ0) is 61.9. The molecule has 1 fully saturated rings. The number of ether oxygens (including phenoxy) is 1. The molecular weight excluding hydrogens is 1170 g/mol. The molecule has 474 valence electrons. The fourth-order valence-electron chi connectivity index (χ4n) is 8.47. The number of aliphatic hydroxyl groups is 2. The number of rotatable bonds is 46. The van der Waals surface area contributed by atoms with Crippen molar-refractivity contribution in [3.8, 4) is 0 Å². The van der Waals surface area contributed by atoms with Crippen LogP contribution in [0.3, 0.4) is 0 Å². The molecule has 0 saturated carbocycles. The first-order chi connectivity index (χ1) is 39.9. The number of carbonyl (C=O) groups excluding carboxylic acids is 4. The van der Waals surface area contributed by atoms with Gasteiger partial charge in [-0.25, -0.2) is 19.3 Å². The van der Waals surface area contributed by atoms with Crippen LogP contribution in [0.25, 0.3) is 11.2 Å². The van der Waals surface area contributed by atoms with Gasteiger partial charge in [-0.3, -0.25) is 32.9 Å². The van der Waals surface area contributed by atoms with Gasteiger partial charge in [-0.05, 0) is 51.4 Å². The lowest BCUT2D eigenvalue weighted by Crippen LogP contribution is -2.46. The number of allylic oxidation sites excluding steroid dienone is 10. The van der Waals surface area contributed by atoms with Gasteiger partial charge in [-0.15, -0.1) is 0 Å². The van der Waals surface area contributed by atoms with Gasteiger partial charge in [0, 0.05) is 37.1 Å². The molecule has 0 aliphatic carbocycles. The highest BCUT2D eigenvalue weighted by Crippen LogP contribution is 2.56. The maximum absolute atomic E-state index is 12.7. The van der Waals surface area contributed by atoms with E-state index in [0.717, 1.165) is 93.2 Å². The Balaban J connectivity index is 1.16. The number of nitrogens with one attached hydrogen (secondary N) is 2. The number of phosphoric ester groups is 3. The van der Waals surface area contributed by atoms with E-state index < -0.39 is 84.6 Å². The number of aliphatic hydroxyl groups excluding tert-OH is 2. The molecule has 25 nitrogen and oxygen atoms in total. The Morgan fingerprint density at radius 3 is 1.89 bits per heavy atom. The van der Waals surface area contributed by atoms with E-state index in [1.807, 2.05) is 0 Å². The summed E-state index contributed by atoms with van der Waals surface area (Å²) in [6.07, 6.45) is 36.2. The van der Waals surface area contributed by atoms with Crippen molar-refractivity contribution >= 4 is 74.9 Å². The van der Waals surface area contributed by atoms with E-state index >= 15 is 0 Å². The first-order valence-corrected chi connectivity index (χ1v) is 34.1. The first kappa shape index (κ1) is 74.2. The number of Topliss-reactive ketones (excluding diaryl/α,β-unsaturated/α-hetero) is 1. The van der Waals surface area contributed by atoms with E-state index in [1.54, 1.807) is 0 Å². The third-order valence-corrected chi connectivity index (χ3v) is 17.0. The molecule has 1 aliphatic heterocycles. The van der Waals surface area contributed by atoms with Crippen molar-refractivity contribution in [2.75, 3.05) is 37.8 Å². The van der Waals surface area contributed by atoms with Gasteiger partial charge in [0.25, 0.3) is 15.6 Å². The maximum Gasteiger partial charge on any atom is 0.274 e. The van der Waals surface area contributed by atoms with Crippen LogP contribution in [0.5, 0.6) is 0 Å². The van der Waals surface area contributed by atoms with E-state index in [2.05, 4.69) is 111 Å². The standard InChI is InChI=1S/C55H90N7O18P3S/c1-4-5-6-7-8-9-10-11-12-13-14-15-16-17-18-19-20-21-22-23-24-25-26-27-28-29-30-31-32-33-43(63)38-46(65)84-37-36-57-45(64)34-35-58-53(68)50(67)55(2,3)40-77-83(74,75)80-82(72,73)76-39-44-49(79-81(69,70)71)48(66)54(78-44)62-42-61-47-51(56)59-41-60-52(47)62/h5-6,8-9,11-12,14-15,17-18,41-42,44,48-50,54,66-67H,4,7,10,13,16,19-40H2,1-3H3,(H,57,64)(H,58,68)(H,72,73)(H,74,75)(H2,56,59,60)(H2,69,70,71)/p-4. The van der Waals surface area contributed by atoms with Crippen LogP contribution in [0.1, 0.15) is 168 Å². The number of nitrogens with two attached hydrogens (primary N) is 1. The number of nitrogens with zero attached hydrogens (tertiary/aromatic N) is 4. The number of aromatic nitrogens is 4. The lowest BCUT2D eigenvalue weighted by molar-refractivity contribution is -0.347. The van der Waals surface area contributed by atoms with E-state index in [9.17, 15) is 62.7 Å². The summed E-state index contributed by atoms with van der Waals surface area (Å²) in [5, 5.41) is 26.1. The van der Waals surface area contributed by atoms with E-state index in [0.29, 0.717) is 6.42 Å². The fraction of sp³-hybridized carbons (Fsp3) is 0.655. The van der Waals surface area contributed by atoms with Crippen LogP contribution in [0.15, 0.2) is 73.4 Å². The van der Waals surface area contributed by atoms with Crippen LogP contribution in [0.2, 0.25) is 0 Å². The topological polar surface area (TPSA) is 392 Å². The smallest absolute Gasteiger partial charge is 0.274 e. The fourth-order valence-corrected chi connectivity index (χ4v) is 11.9. The quantitative estimate of drug-likeness (QED) is 0.0199. The van der Waals surface area contributed by atoms with Gasteiger partial charge in [0.1, 0.15) is 42.0 Å². The molecule has 0 spiro atoms. The van der Waals surface area contributed by atoms with Crippen molar-refractivity contribution < 1.29 is 85.3 Å². The number of fused-ring (bicyclic) bond motifs is 1. The molecule has 3 heterocycles. The molecule has 84 heavy (non-hydrogen) atoms. The average Bonchev–Trinajstić information content (AvgIpc) is 2.09. The molecule has 3 rings (SSSR count). The summed E-state index contributed by atoms with van der Waals surface area (Å²) in [6, 6.07) is 0. The van der Waals surface area contributed by atoms with Gasteiger partial charge in [-0.2, -0.15) is 0 Å². The SMILES string of the molecule is CCC=CCC=CCC=CCC=CCC=CCCCCCCCCCCCCCCCC(=O)CC(=O)SCCNC(=O)CCNC(=O)C(O)C(C)(C)COP(=O)([O-])OP(=O)([O-])OCC1OC(n2cnc3c(N)ncnc32)C(O)C1OP(=O)([O-])[O-]. The van der Waals surface area contributed by atoms with E-state index in [1.165, 1.54) is 71.6 Å². The van der Waals surface area contributed by atoms with Crippen LogP contribution in [-0.2, 0) is 55.5 Å². The monoisotopic (exact) mass is 1260 g/mol. The normalized spacial score (nSPS) is 18.9. The molecule has 2 aromatic rings. The van der Waals surface area contributed by atoms with Crippen LogP contribution >= 0.6 is 35.2 Å². The molecule has 1 saturated heterocycles. The maximum atomic E-state index is 12.7. The zero-order valence-electron chi connectivity index (χ0n) is 48.4. The molecule has 7 unspecified atom stereocenters. The van der Waals surface area contributed by atoms with Gasteiger partial charge in [0.05, 0.1) is 33.8 Å². The first-order valence-electron chi connectivity index (χ1n) is 28.7. The summed E-state index contributed by atoms with van der Waals surface area (Å²) in [5.74, 6) is -1.52. The molecule has 1 aliphatic rings. The number of hydrogen-bond acceptors (Lipinski definition) is 23. The van der Waals surface area contributed by atoms with Crippen LogP contribution in [0.4, 0.5) is 5.82 Å². The molecule has 0 aromatic carbocycles. The van der Waals surface area contributed by atoms with Gasteiger partial charge in [0.15, 0.2) is 22.8 Å². The summed E-state index contributed by atoms with van der Waals surface area (Å²) in [5.41, 5.74) is 4.06. The minimum absolute atomic E-state index is 0.0263. The number of nitrogen functional groups attached to an aromatic ring is 1. The zero-order valence-corrected chi connectivity index (χ0v) is 51.9. The highest BCUT2D eigenvalue weighted by Gasteiger charge is 2.47. The number of hydrogen-bond donors (Lipinski definition) is 5. The Morgan fingerprint density at radius 2 is 1.31 bits per heavy atom. The molecule has 0 radical (unpaired) electrons. The largest absolute Gasteiger partial charge is 0.790 e. The van der Waals surface area contributed by atoms with E-state index in [-0.39, 0.29) is 59.6 Å². The highest BCUT2D eigenvalue weighted by molar-refractivity contribution is 8.13. The van der Waals surface area contributed by atoms with Crippen molar-refractivity contribution in [1.82, 2.24) is 30.2 Å². The van der Waals surface area contributed by atoms with Crippen LogP contribution in [0, 0.1) is 5.41 Å². The van der Waals surface area contributed by atoms with Crippen molar-refractivity contribution in [2.45, 2.75) is 193 Å². The number of anilines is 1. The summed E-state index contributed by atoms with van der Waals surface area (Å²) in [6.45, 7) is 2.08. The molecule has 2 amide bonds. The number of phosphoric acid groups is 3. The lowest BCUT2D eigenvalue weighted by Gasteiger charge is -2.36. The minimum Gasteiger partial charge on any atom is -0.790 e. The van der Waals surface area contributed by atoms with Crippen molar-refractivity contribution in [3.05, 3.63) is 73.4 Å². The number of unbranched alkanes of at least 4 members (excludes halogenated alkanes) is 13. The van der Waals surface area contributed by atoms with Gasteiger partial charge < -0.3 is 69.0 Å². The second kappa shape index (κ2) is 40.4. The Morgan fingerprint density at radius 1 is 0.762 bits per heavy atom. The Labute approximate surface area is 497 Å². The second-order valence-corrected chi connectivity index (χ2v) is 26.0. The Bertz CT molecular complexity index is 2610. The van der Waals surface area contributed by atoms with Gasteiger partial charge in [0.2, 0.25) is 11.8 Å². The van der Waals surface area contributed by atoms with Gasteiger partial charge >= 0.3 is 0 Å². The third kappa shape index (κ3) is 31.5. The molecule has 29 heteroatoms. The highest BCUT2D eigenvalue weighted by atomic mass is 32.2. The predicted molar refractivity (Wildman–Crippen MR) is 312 cm³/mol. The van der Waals surface area contributed by atoms with E-state index in [4.69, 9.17) is 10.5 Å². The summed E-state index contributed by atoms with van der Waals surface area (Å²) in [4.78, 5) is 110. The number of thioether (sulfide) groups is 1. The van der Waals surface area contributed by atoms with Crippen molar-refractivity contribution in [3.63, 3.8) is 0 Å². The van der Waals surface area contributed by atoms with Crippen molar-refractivity contribution in [2.24, 2.45) is 5.41 Å². The lowest BCUT2D eigenvalue weighted by atomic mass is 9.87. The van der Waals surface area contributed by atoms with Crippen LogP contribution in [-0.4, -0.2) is 109 Å². The number of amides is 2. The van der Waals surface area contributed by atoms with Crippen molar-refractivity contribution in [1.29, 1.82) is 0 Å². The summed E-state index contributed by atoms with van der Waals surface area (Å²) < 4.78 is 61.0. The van der Waals surface area contributed by atoms with Crippen LogP contribution < -0.4 is 35.9 Å². The second-order valence-electron chi connectivity index (χ2n) is 20.8. The average molecular weight is 1260 g/mol. The Hall–Kier alpha value is -4.07. The number of ketones is 1. The minimum atomic E-state index is -5.94. The molecular formula is C55H86N7O18P3S-4. The van der Waals surface area contributed by atoms with Gasteiger partial charge in [-0.1, -0.05) is 164 Å².